The molecule has 18 heavy (non-hydrogen) atoms. The molecule has 1 amide bonds. The van der Waals surface area contributed by atoms with Crippen molar-refractivity contribution >= 4 is 17.5 Å². The third-order valence-electron chi connectivity index (χ3n) is 3.19. The number of amides is 1. The summed E-state index contributed by atoms with van der Waals surface area (Å²) in [6.07, 6.45) is 0.862. The van der Waals surface area contributed by atoms with Gasteiger partial charge >= 0.3 is 0 Å². The molecule has 0 spiro atoms. The van der Waals surface area contributed by atoms with E-state index in [1.807, 2.05) is 24.3 Å². The molecule has 1 fully saturated rings. The average molecular weight is 267 g/mol. The summed E-state index contributed by atoms with van der Waals surface area (Å²) in [7, 11) is 0. The summed E-state index contributed by atoms with van der Waals surface area (Å²) in [5.74, 6) is 0.574. The maximum absolute atomic E-state index is 12.0. The van der Waals surface area contributed by atoms with E-state index in [2.05, 4.69) is 24.5 Å². The molecular weight excluding hydrogens is 248 g/mol. The van der Waals surface area contributed by atoms with Gasteiger partial charge in [-0.25, -0.2) is 0 Å². The van der Waals surface area contributed by atoms with Crippen LogP contribution in [0.5, 0.6) is 0 Å². The van der Waals surface area contributed by atoms with Gasteiger partial charge < -0.3 is 10.6 Å². The minimum atomic E-state index is -0.0799. The van der Waals surface area contributed by atoms with Gasteiger partial charge in [0, 0.05) is 11.6 Å². The first-order chi connectivity index (χ1) is 8.58. The zero-order valence-electron chi connectivity index (χ0n) is 10.7. The van der Waals surface area contributed by atoms with Gasteiger partial charge in [0.1, 0.15) is 0 Å². The molecule has 3 nitrogen and oxygen atoms in total. The Kier molecular flexibility index (Phi) is 4.25. The van der Waals surface area contributed by atoms with Gasteiger partial charge in [0.25, 0.3) is 0 Å². The van der Waals surface area contributed by atoms with E-state index in [-0.39, 0.29) is 18.0 Å². The van der Waals surface area contributed by atoms with E-state index in [1.54, 1.807) is 0 Å². The van der Waals surface area contributed by atoms with Gasteiger partial charge in [0.15, 0.2) is 0 Å². The average Bonchev–Trinajstić information content (AvgIpc) is 2.32. The number of nitrogens with one attached hydrogen (secondary N) is 2. The summed E-state index contributed by atoms with van der Waals surface area (Å²) in [5, 5.41) is 7.05. The first-order valence-corrected chi connectivity index (χ1v) is 6.74. The summed E-state index contributed by atoms with van der Waals surface area (Å²) >= 11 is 6.15. The number of hydrogen-bond acceptors (Lipinski definition) is 2. The Bertz CT molecular complexity index is 434. The van der Waals surface area contributed by atoms with Gasteiger partial charge in [-0.2, -0.15) is 0 Å². The molecule has 0 radical (unpaired) electrons. The fourth-order valence-electron chi connectivity index (χ4n) is 2.28. The number of piperazine rings is 1. The molecular formula is C14H19ClN2O. The Labute approximate surface area is 113 Å². The minimum Gasteiger partial charge on any atom is -0.347 e. The van der Waals surface area contributed by atoms with Crippen molar-refractivity contribution in [3.05, 3.63) is 34.9 Å². The summed E-state index contributed by atoms with van der Waals surface area (Å²) in [6, 6.07) is 7.53. The Balaban J connectivity index is 2.04. The highest BCUT2D eigenvalue weighted by atomic mass is 35.5. The van der Waals surface area contributed by atoms with Crippen molar-refractivity contribution in [3.63, 3.8) is 0 Å². The Morgan fingerprint density at radius 1 is 1.39 bits per heavy atom. The van der Waals surface area contributed by atoms with Crippen LogP contribution in [0, 0.1) is 5.92 Å². The predicted molar refractivity (Wildman–Crippen MR) is 73.6 cm³/mol. The Hall–Kier alpha value is -1.06. The van der Waals surface area contributed by atoms with Crippen molar-refractivity contribution in [1.29, 1.82) is 0 Å². The second kappa shape index (κ2) is 5.72. The van der Waals surface area contributed by atoms with Crippen LogP contribution in [0.3, 0.4) is 0 Å². The van der Waals surface area contributed by atoms with Crippen LogP contribution in [0.15, 0.2) is 24.3 Å². The number of carbonyl (C=O) groups excluding carboxylic acids is 1. The topological polar surface area (TPSA) is 41.1 Å². The summed E-state index contributed by atoms with van der Waals surface area (Å²) in [4.78, 5) is 12.0. The molecule has 1 aromatic rings. The lowest BCUT2D eigenvalue weighted by Crippen LogP contribution is -2.54. The van der Waals surface area contributed by atoms with Crippen LogP contribution in [0.4, 0.5) is 0 Å². The van der Waals surface area contributed by atoms with Crippen LogP contribution in [0.2, 0.25) is 5.02 Å². The first-order valence-electron chi connectivity index (χ1n) is 6.36. The number of hydrogen-bond donors (Lipinski definition) is 2. The Morgan fingerprint density at radius 3 is 2.72 bits per heavy atom. The molecule has 2 atom stereocenters. The molecule has 1 aliphatic rings. The highest BCUT2D eigenvalue weighted by Gasteiger charge is 2.29. The van der Waals surface area contributed by atoms with Crippen molar-refractivity contribution < 1.29 is 4.79 Å². The van der Waals surface area contributed by atoms with E-state index < -0.39 is 0 Å². The number of halogens is 1. The molecule has 0 unspecified atom stereocenters. The number of benzene rings is 1. The van der Waals surface area contributed by atoms with Crippen molar-refractivity contribution in [1.82, 2.24) is 10.6 Å². The lowest BCUT2D eigenvalue weighted by atomic mass is 9.98. The molecule has 0 aliphatic carbocycles. The van der Waals surface area contributed by atoms with Gasteiger partial charge in [0.2, 0.25) is 5.91 Å². The van der Waals surface area contributed by atoms with E-state index in [0.717, 1.165) is 18.5 Å². The Morgan fingerprint density at radius 2 is 2.11 bits per heavy atom. The molecule has 0 bridgehead atoms. The van der Waals surface area contributed by atoms with Gasteiger partial charge in [0.05, 0.1) is 12.1 Å². The molecule has 4 heteroatoms. The van der Waals surface area contributed by atoms with Crippen molar-refractivity contribution in [2.45, 2.75) is 32.4 Å². The second-order valence-corrected chi connectivity index (χ2v) is 5.58. The highest BCUT2D eigenvalue weighted by Crippen LogP contribution is 2.24. The molecule has 2 N–H and O–H groups in total. The van der Waals surface area contributed by atoms with Gasteiger partial charge in [-0.15, -0.1) is 0 Å². The molecule has 1 saturated heterocycles. The fraction of sp³-hybridized carbons (Fsp3) is 0.500. The van der Waals surface area contributed by atoms with Gasteiger partial charge in [-0.3, -0.25) is 4.79 Å². The molecule has 2 rings (SSSR count). The molecule has 0 saturated carbocycles. The summed E-state index contributed by atoms with van der Waals surface area (Å²) in [6.45, 7) is 4.97. The molecule has 1 heterocycles. The first kappa shape index (κ1) is 13.4. The third kappa shape index (κ3) is 3.03. The zero-order chi connectivity index (χ0) is 13.1. The number of carbonyl (C=O) groups is 1. The maximum Gasteiger partial charge on any atom is 0.237 e. The summed E-state index contributed by atoms with van der Waals surface area (Å²) < 4.78 is 0. The summed E-state index contributed by atoms with van der Waals surface area (Å²) in [5.41, 5.74) is 0.975. The zero-order valence-corrected chi connectivity index (χ0v) is 11.5. The van der Waals surface area contributed by atoms with Crippen molar-refractivity contribution in [2.75, 3.05) is 6.54 Å². The second-order valence-electron chi connectivity index (χ2n) is 5.17. The van der Waals surface area contributed by atoms with Crippen LogP contribution in [-0.4, -0.2) is 18.5 Å². The lowest BCUT2D eigenvalue weighted by molar-refractivity contribution is -0.125. The smallest absolute Gasteiger partial charge is 0.237 e. The SMILES string of the molecule is CC(C)C[C@@H]1NC[C@H](c2ccccc2Cl)NC1=O. The molecule has 1 aliphatic heterocycles. The molecule has 98 valence electrons. The van der Waals surface area contributed by atoms with E-state index in [1.165, 1.54) is 0 Å². The van der Waals surface area contributed by atoms with E-state index in [4.69, 9.17) is 11.6 Å². The fourth-order valence-corrected chi connectivity index (χ4v) is 2.55. The predicted octanol–water partition coefficient (Wildman–Crippen LogP) is 2.52. The van der Waals surface area contributed by atoms with Gasteiger partial charge in [-0.05, 0) is 24.0 Å². The van der Waals surface area contributed by atoms with Crippen LogP contribution >= 0.6 is 11.6 Å². The minimum absolute atomic E-state index is 0.0328. The van der Waals surface area contributed by atoms with E-state index >= 15 is 0 Å². The lowest BCUT2D eigenvalue weighted by Gasteiger charge is -2.31. The third-order valence-corrected chi connectivity index (χ3v) is 3.53. The van der Waals surface area contributed by atoms with E-state index in [9.17, 15) is 4.79 Å². The molecule has 1 aromatic carbocycles. The van der Waals surface area contributed by atoms with Gasteiger partial charge in [-0.1, -0.05) is 43.6 Å². The highest BCUT2D eigenvalue weighted by molar-refractivity contribution is 6.31. The van der Waals surface area contributed by atoms with Crippen molar-refractivity contribution in [3.8, 4) is 0 Å². The normalized spacial score (nSPS) is 24.1. The standard InChI is InChI=1S/C14H19ClN2O/c1-9(2)7-12-14(18)17-13(8-16-12)10-5-3-4-6-11(10)15/h3-6,9,12-13,16H,7-8H2,1-2H3,(H,17,18)/t12-,13+/m0/s1. The van der Waals surface area contributed by atoms with Crippen LogP contribution in [0.25, 0.3) is 0 Å². The quantitative estimate of drug-likeness (QED) is 0.883. The van der Waals surface area contributed by atoms with Crippen molar-refractivity contribution in [2.24, 2.45) is 5.92 Å². The number of rotatable bonds is 3. The largest absolute Gasteiger partial charge is 0.347 e. The van der Waals surface area contributed by atoms with Crippen LogP contribution < -0.4 is 10.6 Å². The monoisotopic (exact) mass is 266 g/mol. The van der Waals surface area contributed by atoms with Crippen LogP contribution in [-0.2, 0) is 4.79 Å². The maximum atomic E-state index is 12.0. The molecule has 0 aromatic heterocycles. The van der Waals surface area contributed by atoms with E-state index in [0.29, 0.717) is 10.9 Å². The van der Waals surface area contributed by atoms with Crippen LogP contribution in [0.1, 0.15) is 31.9 Å².